The van der Waals surface area contributed by atoms with Gasteiger partial charge in [-0.05, 0) is 42.8 Å². The number of hydrogen-bond donors (Lipinski definition) is 0. The second-order valence-corrected chi connectivity index (χ2v) is 5.26. The summed E-state index contributed by atoms with van der Waals surface area (Å²) >= 11 is 12.0. The second kappa shape index (κ2) is 4.89. The van der Waals surface area contributed by atoms with Crippen molar-refractivity contribution in [1.29, 1.82) is 0 Å². The van der Waals surface area contributed by atoms with Crippen molar-refractivity contribution in [2.45, 2.75) is 6.92 Å². The predicted octanol–water partition coefficient (Wildman–Crippen LogP) is 3.37. The molecule has 3 rings (SSSR count). The van der Waals surface area contributed by atoms with Gasteiger partial charge in [-0.25, -0.2) is 4.52 Å². The molecule has 0 aliphatic rings. The van der Waals surface area contributed by atoms with Crippen LogP contribution in [0.5, 0.6) is 0 Å². The molecule has 0 N–H and O–H groups in total. The molecule has 0 aliphatic heterocycles. The van der Waals surface area contributed by atoms with E-state index in [1.807, 2.05) is 19.1 Å². The second-order valence-electron chi connectivity index (χ2n) is 4.39. The SMILES string of the molecule is Cc1ccc2c(-c3cc(Cl)cc(Cl)c3)c(=O)ncn2n1. The first-order valence-corrected chi connectivity index (χ1v) is 6.62. The molecule has 0 radical (unpaired) electrons. The molecule has 0 spiro atoms. The number of aromatic nitrogens is 3. The molecule has 100 valence electrons. The van der Waals surface area contributed by atoms with Crippen LogP contribution >= 0.6 is 23.2 Å². The van der Waals surface area contributed by atoms with E-state index in [0.717, 1.165) is 5.69 Å². The summed E-state index contributed by atoms with van der Waals surface area (Å²) in [7, 11) is 0. The van der Waals surface area contributed by atoms with Crippen molar-refractivity contribution in [3.8, 4) is 11.1 Å². The van der Waals surface area contributed by atoms with E-state index in [1.165, 1.54) is 6.33 Å². The highest BCUT2D eigenvalue weighted by molar-refractivity contribution is 6.35. The molecule has 0 atom stereocenters. The average Bonchev–Trinajstić information content (AvgIpc) is 2.37. The van der Waals surface area contributed by atoms with Crippen molar-refractivity contribution in [2.24, 2.45) is 0 Å². The van der Waals surface area contributed by atoms with Gasteiger partial charge in [0, 0.05) is 10.0 Å². The lowest BCUT2D eigenvalue weighted by atomic mass is 10.1. The zero-order chi connectivity index (χ0) is 14.3. The number of rotatable bonds is 1. The molecular formula is C14H9Cl2N3O. The molecule has 0 fully saturated rings. The minimum atomic E-state index is -0.339. The van der Waals surface area contributed by atoms with Crippen molar-refractivity contribution in [2.75, 3.05) is 0 Å². The number of halogens is 2. The Hall–Kier alpha value is -1.91. The standard InChI is InChI=1S/C14H9Cl2N3O/c1-8-2-3-12-13(14(20)17-7-19(12)18-8)9-4-10(15)6-11(16)5-9/h2-7H,1H3. The Labute approximate surface area is 124 Å². The minimum absolute atomic E-state index is 0.339. The van der Waals surface area contributed by atoms with E-state index in [-0.39, 0.29) is 5.56 Å². The fourth-order valence-corrected chi connectivity index (χ4v) is 2.60. The lowest BCUT2D eigenvalue weighted by Gasteiger charge is -2.07. The third-order valence-electron chi connectivity index (χ3n) is 2.90. The first kappa shape index (κ1) is 13.1. The lowest BCUT2D eigenvalue weighted by Crippen LogP contribution is -2.13. The van der Waals surface area contributed by atoms with Crippen LogP contribution in [0, 0.1) is 6.92 Å². The van der Waals surface area contributed by atoms with E-state index in [1.54, 1.807) is 22.7 Å². The summed E-state index contributed by atoms with van der Waals surface area (Å²) in [6.07, 6.45) is 1.40. The van der Waals surface area contributed by atoms with E-state index in [2.05, 4.69) is 10.1 Å². The number of aryl methyl sites for hydroxylation is 1. The summed E-state index contributed by atoms with van der Waals surface area (Å²) < 4.78 is 1.57. The Morgan fingerprint density at radius 3 is 2.50 bits per heavy atom. The molecule has 0 saturated carbocycles. The number of fused-ring (bicyclic) bond motifs is 1. The Bertz CT molecular complexity index is 854. The van der Waals surface area contributed by atoms with Crippen LogP contribution in [0.4, 0.5) is 0 Å². The molecular weight excluding hydrogens is 297 g/mol. The first-order valence-electron chi connectivity index (χ1n) is 5.86. The van der Waals surface area contributed by atoms with Crippen molar-refractivity contribution in [3.05, 3.63) is 62.8 Å². The van der Waals surface area contributed by atoms with Crippen LogP contribution < -0.4 is 5.56 Å². The summed E-state index contributed by atoms with van der Waals surface area (Å²) in [6, 6.07) is 8.66. The normalized spacial score (nSPS) is 10.9. The molecule has 2 aromatic heterocycles. The molecule has 1 aromatic carbocycles. The number of benzene rings is 1. The molecule has 3 aromatic rings. The molecule has 0 unspecified atom stereocenters. The highest BCUT2D eigenvalue weighted by Crippen LogP contribution is 2.27. The number of nitrogens with zero attached hydrogens (tertiary/aromatic N) is 3. The van der Waals surface area contributed by atoms with Gasteiger partial charge in [-0.2, -0.15) is 10.1 Å². The minimum Gasteiger partial charge on any atom is -0.267 e. The molecule has 2 heterocycles. The van der Waals surface area contributed by atoms with Gasteiger partial charge in [0.2, 0.25) is 0 Å². The number of hydrogen-bond acceptors (Lipinski definition) is 3. The topological polar surface area (TPSA) is 47.3 Å². The van der Waals surface area contributed by atoms with Crippen LogP contribution in [0.25, 0.3) is 16.6 Å². The van der Waals surface area contributed by atoms with Gasteiger partial charge >= 0.3 is 0 Å². The molecule has 0 saturated heterocycles. The fourth-order valence-electron chi connectivity index (χ4n) is 2.07. The zero-order valence-electron chi connectivity index (χ0n) is 10.5. The van der Waals surface area contributed by atoms with Crippen LogP contribution in [-0.4, -0.2) is 14.6 Å². The van der Waals surface area contributed by atoms with Crippen LogP contribution in [0.2, 0.25) is 10.0 Å². The predicted molar refractivity (Wildman–Crippen MR) is 79.5 cm³/mol. The Balaban J connectivity index is 2.40. The highest BCUT2D eigenvalue weighted by Gasteiger charge is 2.11. The van der Waals surface area contributed by atoms with Gasteiger partial charge in [0.05, 0.1) is 16.8 Å². The third kappa shape index (κ3) is 2.28. The summed E-state index contributed by atoms with van der Waals surface area (Å²) in [6.45, 7) is 1.87. The monoisotopic (exact) mass is 305 g/mol. The maximum atomic E-state index is 12.1. The van der Waals surface area contributed by atoms with Crippen molar-refractivity contribution in [1.82, 2.24) is 14.6 Å². The first-order chi connectivity index (χ1) is 9.54. The van der Waals surface area contributed by atoms with E-state index in [0.29, 0.717) is 26.7 Å². The third-order valence-corrected chi connectivity index (χ3v) is 3.34. The van der Waals surface area contributed by atoms with Crippen molar-refractivity contribution in [3.63, 3.8) is 0 Å². The average molecular weight is 306 g/mol. The fraction of sp³-hybridized carbons (Fsp3) is 0.0714. The largest absolute Gasteiger partial charge is 0.281 e. The van der Waals surface area contributed by atoms with Crippen molar-refractivity contribution < 1.29 is 0 Å². The summed E-state index contributed by atoms with van der Waals surface area (Å²) in [5, 5.41) is 5.23. The van der Waals surface area contributed by atoms with Crippen LogP contribution in [0.3, 0.4) is 0 Å². The maximum Gasteiger partial charge on any atom is 0.281 e. The van der Waals surface area contributed by atoms with Gasteiger partial charge < -0.3 is 0 Å². The van der Waals surface area contributed by atoms with Gasteiger partial charge in [-0.3, -0.25) is 4.79 Å². The Morgan fingerprint density at radius 2 is 1.80 bits per heavy atom. The highest BCUT2D eigenvalue weighted by atomic mass is 35.5. The van der Waals surface area contributed by atoms with Crippen LogP contribution in [0.15, 0.2) is 41.5 Å². The summed E-state index contributed by atoms with van der Waals surface area (Å²) in [4.78, 5) is 15.9. The van der Waals surface area contributed by atoms with E-state index >= 15 is 0 Å². The van der Waals surface area contributed by atoms with Gasteiger partial charge in [-0.1, -0.05) is 23.2 Å². The molecule has 6 heteroatoms. The molecule has 4 nitrogen and oxygen atoms in total. The van der Waals surface area contributed by atoms with Crippen LogP contribution in [-0.2, 0) is 0 Å². The van der Waals surface area contributed by atoms with Crippen molar-refractivity contribution >= 4 is 28.7 Å². The molecule has 0 amide bonds. The van der Waals surface area contributed by atoms with Gasteiger partial charge in [0.15, 0.2) is 0 Å². The quantitative estimate of drug-likeness (QED) is 0.692. The molecule has 20 heavy (non-hydrogen) atoms. The van der Waals surface area contributed by atoms with E-state index in [4.69, 9.17) is 23.2 Å². The molecule has 0 aliphatic carbocycles. The summed E-state index contributed by atoms with van der Waals surface area (Å²) in [5.74, 6) is 0. The zero-order valence-corrected chi connectivity index (χ0v) is 12.0. The summed E-state index contributed by atoms with van der Waals surface area (Å²) in [5.41, 5.74) is 2.22. The van der Waals surface area contributed by atoms with Gasteiger partial charge in [0.1, 0.15) is 6.33 Å². The molecule has 0 bridgehead atoms. The van der Waals surface area contributed by atoms with Gasteiger partial charge in [0.25, 0.3) is 5.56 Å². The lowest BCUT2D eigenvalue weighted by molar-refractivity contribution is 0.858. The van der Waals surface area contributed by atoms with E-state index in [9.17, 15) is 4.79 Å². The maximum absolute atomic E-state index is 12.1. The Kier molecular flexibility index (Phi) is 3.20. The Morgan fingerprint density at radius 1 is 1.10 bits per heavy atom. The smallest absolute Gasteiger partial charge is 0.267 e. The van der Waals surface area contributed by atoms with E-state index < -0.39 is 0 Å². The van der Waals surface area contributed by atoms with Gasteiger partial charge in [-0.15, -0.1) is 0 Å². The van der Waals surface area contributed by atoms with Crippen LogP contribution in [0.1, 0.15) is 5.69 Å².